The molecule has 3 rings (SSSR count). The van der Waals surface area contributed by atoms with Gasteiger partial charge >= 0.3 is 0 Å². The summed E-state index contributed by atoms with van der Waals surface area (Å²) in [5, 5.41) is 15.3. The molecule has 0 aliphatic rings. The van der Waals surface area contributed by atoms with E-state index in [0.717, 1.165) is 11.3 Å². The predicted molar refractivity (Wildman–Crippen MR) is 116 cm³/mol. The largest absolute Gasteiger partial charge is 0.545 e. The molecular weight excluding hydrogens is 440 g/mol. The van der Waals surface area contributed by atoms with Crippen molar-refractivity contribution in [3.05, 3.63) is 71.1 Å². The molecule has 3 aromatic rings. The van der Waals surface area contributed by atoms with Gasteiger partial charge in [-0.15, -0.1) is 11.3 Å². The maximum absolute atomic E-state index is 12.6. The van der Waals surface area contributed by atoms with Crippen LogP contribution in [0.1, 0.15) is 15.9 Å². The highest BCUT2D eigenvalue weighted by Crippen LogP contribution is 2.26. The summed E-state index contributed by atoms with van der Waals surface area (Å²) >= 11 is 1.14. The number of sulfonamides is 1. The Morgan fingerprint density at radius 1 is 1.13 bits per heavy atom. The molecule has 2 aromatic carbocycles. The minimum Gasteiger partial charge on any atom is -0.545 e. The van der Waals surface area contributed by atoms with E-state index in [0.29, 0.717) is 22.7 Å². The number of nitrogens with zero attached hydrogens (tertiary/aromatic N) is 1. The van der Waals surface area contributed by atoms with Crippen LogP contribution in [0.4, 0.5) is 11.4 Å². The van der Waals surface area contributed by atoms with Crippen molar-refractivity contribution in [2.24, 2.45) is 0 Å². The van der Waals surface area contributed by atoms with Gasteiger partial charge in [-0.05, 0) is 59.8 Å². The minimum absolute atomic E-state index is 0.0426. The molecule has 162 valence electrons. The van der Waals surface area contributed by atoms with Gasteiger partial charge in [-0.1, -0.05) is 18.2 Å². The average Bonchev–Trinajstić information content (AvgIpc) is 3.29. The Balaban J connectivity index is 1.61. The van der Waals surface area contributed by atoms with E-state index in [1.165, 1.54) is 29.6 Å². The number of anilines is 2. The number of carbonyl (C=O) groups is 2. The fourth-order valence-electron chi connectivity index (χ4n) is 2.66. The first-order valence-electron chi connectivity index (χ1n) is 9.05. The van der Waals surface area contributed by atoms with Gasteiger partial charge in [0, 0.05) is 12.7 Å². The van der Waals surface area contributed by atoms with E-state index in [9.17, 15) is 23.1 Å². The van der Waals surface area contributed by atoms with Gasteiger partial charge in [0.1, 0.15) is 9.96 Å². The van der Waals surface area contributed by atoms with Crippen molar-refractivity contribution in [3.8, 4) is 5.75 Å². The summed E-state index contributed by atoms with van der Waals surface area (Å²) in [4.78, 5) is 23.1. The number of carbonyl (C=O) groups excluding carboxylic acids is 2. The molecule has 0 unspecified atom stereocenters. The monoisotopic (exact) mass is 459 g/mol. The van der Waals surface area contributed by atoms with Crippen molar-refractivity contribution in [3.63, 3.8) is 0 Å². The van der Waals surface area contributed by atoms with Gasteiger partial charge in [0.15, 0.2) is 6.61 Å². The van der Waals surface area contributed by atoms with Crippen LogP contribution in [0.25, 0.3) is 0 Å². The lowest BCUT2D eigenvalue weighted by atomic mass is 10.1. The number of carboxylic acids is 1. The standard InChI is InChI=1S/C21H20N2O6S2/c1-14-5-6-15(21(25)26)12-18(14)22-19(24)13-29-17-9-7-16(8-10-17)23(2)31(27,28)20-4-3-11-30-20/h3-12H,13H2,1-2H3,(H,22,24)(H,25,26)/p-1. The Hall–Kier alpha value is -3.37. The summed E-state index contributed by atoms with van der Waals surface area (Å²) < 4.78 is 32.0. The van der Waals surface area contributed by atoms with Crippen LogP contribution in [0.2, 0.25) is 0 Å². The summed E-state index contributed by atoms with van der Waals surface area (Å²) in [6.07, 6.45) is 0. The van der Waals surface area contributed by atoms with Crippen molar-refractivity contribution in [1.82, 2.24) is 0 Å². The topological polar surface area (TPSA) is 116 Å². The van der Waals surface area contributed by atoms with Crippen LogP contribution < -0.4 is 19.5 Å². The average molecular weight is 460 g/mol. The summed E-state index contributed by atoms with van der Waals surface area (Å²) in [5.74, 6) is -1.43. The van der Waals surface area contributed by atoms with Crippen LogP contribution in [0.15, 0.2) is 64.2 Å². The number of carboxylic acid groups (broad SMARTS) is 1. The van der Waals surface area contributed by atoms with E-state index >= 15 is 0 Å². The second kappa shape index (κ2) is 9.19. The molecule has 1 heterocycles. The second-order valence-electron chi connectivity index (χ2n) is 6.55. The van der Waals surface area contributed by atoms with Gasteiger partial charge in [-0.25, -0.2) is 8.42 Å². The zero-order chi connectivity index (χ0) is 22.6. The summed E-state index contributed by atoms with van der Waals surface area (Å²) in [7, 11) is -2.18. The predicted octanol–water partition coefficient (Wildman–Crippen LogP) is 2.26. The van der Waals surface area contributed by atoms with Crippen LogP contribution >= 0.6 is 11.3 Å². The van der Waals surface area contributed by atoms with Gasteiger partial charge in [-0.2, -0.15) is 0 Å². The van der Waals surface area contributed by atoms with E-state index in [-0.39, 0.29) is 16.4 Å². The number of hydrogen-bond donors (Lipinski definition) is 1. The number of ether oxygens (including phenoxy) is 1. The van der Waals surface area contributed by atoms with E-state index in [1.807, 2.05) is 0 Å². The Morgan fingerprint density at radius 3 is 2.45 bits per heavy atom. The van der Waals surface area contributed by atoms with E-state index < -0.39 is 21.9 Å². The molecule has 10 heteroatoms. The van der Waals surface area contributed by atoms with Crippen LogP contribution in [0.5, 0.6) is 5.75 Å². The summed E-state index contributed by atoms with van der Waals surface area (Å²) in [6.45, 7) is 1.42. The van der Waals surface area contributed by atoms with Crippen molar-refractivity contribution < 1.29 is 27.9 Å². The first kappa shape index (κ1) is 22.3. The second-order valence-corrected chi connectivity index (χ2v) is 9.70. The van der Waals surface area contributed by atoms with E-state index in [2.05, 4.69) is 5.32 Å². The van der Waals surface area contributed by atoms with Crippen molar-refractivity contribution >= 4 is 44.6 Å². The molecule has 1 N–H and O–H groups in total. The normalized spacial score (nSPS) is 11.0. The number of benzene rings is 2. The molecule has 0 atom stereocenters. The Labute approximate surface area is 183 Å². The number of nitrogens with one attached hydrogen (secondary N) is 1. The molecule has 0 saturated carbocycles. The molecule has 0 saturated heterocycles. The SMILES string of the molecule is Cc1ccc(C(=O)[O-])cc1NC(=O)COc1ccc(N(C)S(=O)(=O)c2cccs2)cc1. The Kier molecular flexibility index (Phi) is 6.62. The van der Waals surface area contributed by atoms with Gasteiger partial charge in [0.25, 0.3) is 15.9 Å². The number of amides is 1. The summed E-state index contributed by atoms with van der Waals surface area (Å²) in [6, 6.07) is 13.8. The fraction of sp³-hybridized carbons (Fsp3) is 0.143. The lowest BCUT2D eigenvalue weighted by molar-refractivity contribution is -0.255. The fourth-order valence-corrected chi connectivity index (χ4v) is 5.01. The number of thiophene rings is 1. The lowest BCUT2D eigenvalue weighted by Gasteiger charge is -2.18. The number of rotatable bonds is 8. The highest BCUT2D eigenvalue weighted by molar-refractivity contribution is 7.94. The van der Waals surface area contributed by atoms with Crippen molar-refractivity contribution in [2.45, 2.75) is 11.1 Å². The summed E-state index contributed by atoms with van der Waals surface area (Å²) in [5.41, 5.74) is 1.45. The third-order valence-corrected chi connectivity index (χ3v) is 7.59. The van der Waals surface area contributed by atoms with E-state index in [1.54, 1.807) is 48.7 Å². The molecule has 8 nitrogen and oxygen atoms in total. The molecule has 0 bridgehead atoms. The first-order valence-corrected chi connectivity index (χ1v) is 11.4. The molecular formula is C21H19N2O6S2-. The third-order valence-electron chi connectivity index (χ3n) is 4.43. The quantitative estimate of drug-likeness (QED) is 0.552. The third kappa shape index (κ3) is 5.22. The smallest absolute Gasteiger partial charge is 0.273 e. The van der Waals surface area contributed by atoms with E-state index in [4.69, 9.17) is 4.74 Å². The number of aromatic carboxylic acids is 1. The van der Waals surface area contributed by atoms with Crippen LogP contribution in [0, 0.1) is 6.92 Å². The number of hydrogen-bond acceptors (Lipinski definition) is 7. The maximum Gasteiger partial charge on any atom is 0.273 e. The Bertz CT molecular complexity index is 1190. The van der Waals surface area contributed by atoms with Crippen LogP contribution in [0.3, 0.4) is 0 Å². The highest BCUT2D eigenvalue weighted by Gasteiger charge is 2.22. The van der Waals surface area contributed by atoms with Gasteiger partial charge in [0.05, 0.1) is 11.7 Å². The number of aryl methyl sites for hydroxylation is 1. The molecule has 1 amide bonds. The molecule has 31 heavy (non-hydrogen) atoms. The molecule has 1 aromatic heterocycles. The van der Waals surface area contributed by atoms with Gasteiger partial charge in [-0.3, -0.25) is 9.10 Å². The molecule has 0 aliphatic carbocycles. The first-order chi connectivity index (χ1) is 14.7. The van der Waals surface area contributed by atoms with Crippen LogP contribution in [-0.2, 0) is 14.8 Å². The maximum atomic E-state index is 12.6. The minimum atomic E-state index is -3.63. The Morgan fingerprint density at radius 2 is 1.84 bits per heavy atom. The molecule has 0 radical (unpaired) electrons. The molecule has 0 aliphatic heterocycles. The lowest BCUT2D eigenvalue weighted by Crippen LogP contribution is -2.25. The van der Waals surface area contributed by atoms with Crippen molar-refractivity contribution in [1.29, 1.82) is 0 Å². The van der Waals surface area contributed by atoms with Gasteiger partial charge < -0.3 is 20.0 Å². The zero-order valence-electron chi connectivity index (χ0n) is 16.7. The van der Waals surface area contributed by atoms with Crippen molar-refractivity contribution in [2.75, 3.05) is 23.3 Å². The molecule has 0 spiro atoms. The highest BCUT2D eigenvalue weighted by atomic mass is 32.2. The van der Waals surface area contributed by atoms with Gasteiger partial charge in [0.2, 0.25) is 0 Å². The van der Waals surface area contributed by atoms with Crippen LogP contribution in [-0.4, -0.2) is 33.9 Å². The molecule has 0 fully saturated rings. The zero-order valence-corrected chi connectivity index (χ0v) is 18.3.